The second kappa shape index (κ2) is 23.7. The average molecular weight is 411 g/mol. The zero-order valence-corrected chi connectivity index (χ0v) is 20.5. The molecule has 2 heteroatoms. The third kappa shape index (κ3) is 23.6. The molecule has 0 aliphatic carbocycles. The second-order valence-corrected chi connectivity index (χ2v) is 9.23. The van der Waals surface area contributed by atoms with Gasteiger partial charge in [-0.2, -0.15) is 0 Å². The van der Waals surface area contributed by atoms with E-state index in [2.05, 4.69) is 13.8 Å². The molecule has 1 atom stereocenters. The van der Waals surface area contributed by atoms with Gasteiger partial charge >= 0.3 is 5.97 Å². The van der Waals surface area contributed by atoms with Crippen LogP contribution in [-0.2, 0) is 9.53 Å². The Bertz CT molecular complexity index is 326. The van der Waals surface area contributed by atoms with E-state index in [1.807, 2.05) is 0 Å². The van der Waals surface area contributed by atoms with Gasteiger partial charge in [0.25, 0.3) is 0 Å². The summed E-state index contributed by atoms with van der Waals surface area (Å²) in [7, 11) is 0. The van der Waals surface area contributed by atoms with E-state index in [-0.39, 0.29) is 5.97 Å². The first-order valence-electron chi connectivity index (χ1n) is 13.3. The van der Waals surface area contributed by atoms with Crippen molar-refractivity contribution in [1.82, 2.24) is 0 Å². The van der Waals surface area contributed by atoms with Gasteiger partial charge in [0.2, 0.25) is 0 Å². The first kappa shape index (κ1) is 28.5. The molecule has 2 nitrogen and oxygen atoms in total. The van der Waals surface area contributed by atoms with Crippen molar-refractivity contribution in [2.45, 2.75) is 156 Å². The lowest BCUT2D eigenvalue weighted by Gasteiger charge is -2.17. The highest BCUT2D eigenvalue weighted by Crippen LogP contribution is 2.22. The molecular formula is C27H54O2. The molecule has 29 heavy (non-hydrogen) atoms. The monoisotopic (exact) mass is 410 g/mol. The van der Waals surface area contributed by atoms with Crippen LogP contribution >= 0.6 is 0 Å². The van der Waals surface area contributed by atoms with Gasteiger partial charge in [0, 0.05) is 6.92 Å². The molecule has 0 aromatic rings. The fraction of sp³-hybridized carbons (Fsp3) is 0.963. The minimum absolute atomic E-state index is 0.130. The van der Waals surface area contributed by atoms with Gasteiger partial charge in [-0.25, -0.2) is 0 Å². The van der Waals surface area contributed by atoms with E-state index in [0.717, 1.165) is 12.3 Å². The summed E-state index contributed by atoms with van der Waals surface area (Å²) < 4.78 is 5.22. The third-order valence-corrected chi connectivity index (χ3v) is 6.26. The van der Waals surface area contributed by atoms with E-state index in [9.17, 15) is 4.79 Å². The van der Waals surface area contributed by atoms with Gasteiger partial charge in [-0.3, -0.25) is 4.79 Å². The first-order valence-corrected chi connectivity index (χ1v) is 13.3. The highest BCUT2D eigenvalue weighted by Gasteiger charge is 2.09. The Kier molecular flexibility index (Phi) is 23.3. The molecule has 0 aromatic heterocycles. The lowest BCUT2D eigenvalue weighted by atomic mass is 9.91. The standard InChI is InChI=1S/C27H54O2/c1-4-6-8-10-12-14-15-17-19-21-23-27(24-25-29-26(3)28)22-20-18-16-13-11-9-7-5-2/h27H,4-25H2,1-3H3. The van der Waals surface area contributed by atoms with Crippen LogP contribution in [0.1, 0.15) is 156 Å². The van der Waals surface area contributed by atoms with Gasteiger partial charge in [0.05, 0.1) is 6.61 Å². The van der Waals surface area contributed by atoms with E-state index in [1.54, 1.807) is 0 Å². The molecule has 0 heterocycles. The van der Waals surface area contributed by atoms with Crippen molar-refractivity contribution in [2.75, 3.05) is 6.61 Å². The summed E-state index contributed by atoms with van der Waals surface area (Å²) >= 11 is 0. The maximum absolute atomic E-state index is 11.1. The van der Waals surface area contributed by atoms with Crippen molar-refractivity contribution in [2.24, 2.45) is 5.92 Å². The Morgan fingerprint density at radius 1 is 0.552 bits per heavy atom. The Hall–Kier alpha value is -0.530. The minimum atomic E-state index is -0.130. The van der Waals surface area contributed by atoms with Crippen LogP contribution in [-0.4, -0.2) is 12.6 Å². The van der Waals surface area contributed by atoms with Crippen LogP contribution in [0.3, 0.4) is 0 Å². The van der Waals surface area contributed by atoms with Crippen LogP contribution in [0.25, 0.3) is 0 Å². The lowest BCUT2D eigenvalue weighted by Crippen LogP contribution is -2.08. The van der Waals surface area contributed by atoms with E-state index < -0.39 is 0 Å². The largest absolute Gasteiger partial charge is 0.466 e. The molecule has 0 radical (unpaired) electrons. The lowest BCUT2D eigenvalue weighted by molar-refractivity contribution is -0.141. The quantitative estimate of drug-likeness (QED) is 0.124. The Morgan fingerprint density at radius 2 is 0.897 bits per heavy atom. The summed E-state index contributed by atoms with van der Waals surface area (Å²) in [5.74, 6) is 0.623. The summed E-state index contributed by atoms with van der Waals surface area (Å²) in [6.45, 7) is 6.71. The molecule has 0 spiro atoms. The maximum Gasteiger partial charge on any atom is 0.302 e. The number of hydrogen-bond donors (Lipinski definition) is 0. The Balaban J connectivity index is 3.72. The summed E-state index contributed by atoms with van der Waals surface area (Å²) in [6.07, 6.45) is 28.9. The molecule has 174 valence electrons. The molecule has 0 aliphatic rings. The molecular weight excluding hydrogens is 356 g/mol. The van der Waals surface area contributed by atoms with Crippen LogP contribution in [0.5, 0.6) is 0 Å². The summed E-state index contributed by atoms with van der Waals surface area (Å²) in [4.78, 5) is 11.1. The Labute approximate surface area is 184 Å². The maximum atomic E-state index is 11.1. The molecule has 0 saturated carbocycles. The number of rotatable bonds is 23. The van der Waals surface area contributed by atoms with Crippen LogP contribution in [0.15, 0.2) is 0 Å². The van der Waals surface area contributed by atoms with Gasteiger partial charge in [-0.15, -0.1) is 0 Å². The highest BCUT2D eigenvalue weighted by molar-refractivity contribution is 5.65. The third-order valence-electron chi connectivity index (χ3n) is 6.26. The summed E-state index contributed by atoms with van der Waals surface area (Å²) in [6, 6.07) is 0. The van der Waals surface area contributed by atoms with E-state index >= 15 is 0 Å². The number of ether oxygens (including phenoxy) is 1. The fourth-order valence-corrected chi connectivity index (χ4v) is 4.29. The number of esters is 1. The van der Waals surface area contributed by atoms with Crippen molar-refractivity contribution in [3.8, 4) is 0 Å². The number of hydrogen-bond acceptors (Lipinski definition) is 2. The number of unbranched alkanes of at least 4 members (excludes halogenated alkanes) is 16. The molecule has 1 unspecified atom stereocenters. The molecule has 0 rings (SSSR count). The van der Waals surface area contributed by atoms with Crippen LogP contribution in [0.2, 0.25) is 0 Å². The number of carbonyl (C=O) groups excluding carboxylic acids is 1. The van der Waals surface area contributed by atoms with Crippen molar-refractivity contribution in [3.05, 3.63) is 0 Å². The molecule has 0 saturated heterocycles. The van der Waals surface area contributed by atoms with Crippen molar-refractivity contribution in [1.29, 1.82) is 0 Å². The zero-order valence-electron chi connectivity index (χ0n) is 20.5. The summed E-state index contributed by atoms with van der Waals surface area (Å²) in [5.41, 5.74) is 0. The molecule has 0 fully saturated rings. The predicted molar refractivity (Wildman–Crippen MR) is 128 cm³/mol. The first-order chi connectivity index (χ1) is 14.2. The predicted octanol–water partition coefficient (Wildman–Crippen LogP) is 9.40. The smallest absolute Gasteiger partial charge is 0.302 e. The fourth-order valence-electron chi connectivity index (χ4n) is 4.29. The molecule has 0 amide bonds. The normalized spacial score (nSPS) is 12.2. The zero-order chi connectivity index (χ0) is 21.4. The van der Waals surface area contributed by atoms with Crippen LogP contribution in [0.4, 0.5) is 0 Å². The number of carbonyl (C=O) groups is 1. The van der Waals surface area contributed by atoms with Crippen molar-refractivity contribution >= 4 is 5.97 Å². The van der Waals surface area contributed by atoms with Gasteiger partial charge in [0.15, 0.2) is 0 Å². The SMILES string of the molecule is CCCCCCCCCCCCC(CCCCCCCCCC)CCOC(C)=O. The second-order valence-electron chi connectivity index (χ2n) is 9.23. The topological polar surface area (TPSA) is 26.3 Å². The van der Waals surface area contributed by atoms with E-state index in [4.69, 9.17) is 4.74 Å². The average Bonchev–Trinajstić information content (AvgIpc) is 2.70. The van der Waals surface area contributed by atoms with Crippen LogP contribution in [0, 0.1) is 5.92 Å². The van der Waals surface area contributed by atoms with Crippen LogP contribution < -0.4 is 0 Å². The molecule has 0 bridgehead atoms. The van der Waals surface area contributed by atoms with Gasteiger partial charge in [-0.05, 0) is 12.3 Å². The summed E-state index contributed by atoms with van der Waals surface area (Å²) in [5, 5.41) is 0. The molecule has 0 aromatic carbocycles. The van der Waals surface area contributed by atoms with Crippen molar-refractivity contribution < 1.29 is 9.53 Å². The molecule has 0 N–H and O–H groups in total. The molecule has 0 aliphatic heterocycles. The van der Waals surface area contributed by atoms with Gasteiger partial charge < -0.3 is 4.74 Å². The highest BCUT2D eigenvalue weighted by atomic mass is 16.5. The van der Waals surface area contributed by atoms with E-state index in [0.29, 0.717) is 6.61 Å². The minimum Gasteiger partial charge on any atom is -0.466 e. The van der Waals surface area contributed by atoms with Gasteiger partial charge in [0.1, 0.15) is 0 Å². The van der Waals surface area contributed by atoms with Gasteiger partial charge in [-0.1, -0.05) is 142 Å². The van der Waals surface area contributed by atoms with Crippen molar-refractivity contribution in [3.63, 3.8) is 0 Å². The van der Waals surface area contributed by atoms with E-state index in [1.165, 1.54) is 135 Å². The Morgan fingerprint density at radius 3 is 1.24 bits per heavy atom.